The van der Waals surface area contributed by atoms with Crippen LogP contribution in [-0.2, 0) is 4.79 Å². The highest BCUT2D eigenvalue weighted by Gasteiger charge is 2.26. The quantitative estimate of drug-likeness (QED) is 0.658. The number of rotatable bonds is 6. The van der Waals surface area contributed by atoms with Crippen LogP contribution in [0.3, 0.4) is 0 Å². The van der Waals surface area contributed by atoms with Crippen molar-refractivity contribution in [1.29, 1.82) is 0 Å². The Morgan fingerprint density at radius 1 is 1.33 bits per heavy atom. The zero-order chi connectivity index (χ0) is 17.7. The topological polar surface area (TPSA) is 110 Å². The third kappa shape index (κ3) is 5.36. The molecule has 1 heterocycles. The second kappa shape index (κ2) is 8.32. The molecule has 0 aliphatic carbocycles. The van der Waals surface area contributed by atoms with E-state index in [1.165, 1.54) is 23.1 Å². The van der Waals surface area contributed by atoms with Crippen molar-refractivity contribution in [3.8, 4) is 0 Å². The fraction of sp³-hybridized carbons (Fsp3) is 0.286. The molecule has 0 bridgehead atoms. The molecule has 7 nitrogen and oxygen atoms in total. The van der Waals surface area contributed by atoms with Crippen molar-refractivity contribution in [1.82, 2.24) is 15.5 Å². The second-order valence-electron chi connectivity index (χ2n) is 5.14. The summed E-state index contributed by atoms with van der Waals surface area (Å²) < 4.78 is 0.609. The molecule has 3 amide bonds. The number of carbonyl (C=O) groups excluding carboxylic acids is 2. The number of hydrogen-bond acceptors (Lipinski definition) is 7. The van der Waals surface area contributed by atoms with Crippen LogP contribution in [0.15, 0.2) is 28.6 Å². The SMILES string of the molecule is CC(C)[C@H](Sc1nnc(Nc2cccc(Cl)c2)s1)C(=O)NC(N)=O. The number of benzene rings is 1. The molecule has 2 rings (SSSR count). The largest absolute Gasteiger partial charge is 0.351 e. The number of thioether (sulfide) groups is 1. The van der Waals surface area contributed by atoms with E-state index < -0.39 is 17.2 Å². The summed E-state index contributed by atoms with van der Waals surface area (Å²) in [5.74, 6) is -0.454. The molecule has 2 aromatic rings. The van der Waals surface area contributed by atoms with E-state index in [4.69, 9.17) is 17.3 Å². The molecule has 4 N–H and O–H groups in total. The van der Waals surface area contributed by atoms with Crippen LogP contribution in [0.5, 0.6) is 0 Å². The highest BCUT2D eigenvalue weighted by Crippen LogP contribution is 2.33. The van der Waals surface area contributed by atoms with Gasteiger partial charge in [-0.2, -0.15) is 0 Å². The van der Waals surface area contributed by atoms with Gasteiger partial charge in [-0.05, 0) is 24.1 Å². The van der Waals surface area contributed by atoms with Gasteiger partial charge in [0.05, 0.1) is 5.25 Å². The van der Waals surface area contributed by atoms with E-state index >= 15 is 0 Å². The first-order chi connectivity index (χ1) is 11.3. The van der Waals surface area contributed by atoms with Gasteiger partial charge in [0.1, 0.15) is 0 Å². The molecule has 0 saturated heterocycles. The Hall–Kier alpha value is -1.84. The number of nitrogens with one attached hydrogen (secondary N) is 2. The lowest BCUT2D eigenvalue weighted by molar-refractivity contribution is -0.120. The maximum Gasteiger partial charge on any atom is 0.318 e. The average Bonchev–Trinajstić information content (AvgIpc) is 2.91. The van der Waals surface area contributed by atoms with Crippen molar-refractivity contribution < 1.29 is 9.59 Å². The fourth-order valence-corrected chi connectivity index (χ4v) is 3.96. The van der Waals surface area contributed by atoms with E-state index in [1.807, 2.05) is 26.0 Å². The Balaban J connectivity index is 2.05. The van der Waals surface area contributed by atoms with E-state index in [9.17, 15) is 9.59 Å². The number of amides is 3. The molecule has 0 radical (unpaired) electrons. The van der Waals surface area contributed by atoms with E-state index in [0.29, 0.717) is 14.5 Å². The number of anilines is 2. The molecule has 24 heavy (non-hydrogen) atoms. The highest BCUT2D eigenvalue weighted by molar-refractivity contribution is 8.02. The van der Waals surface area contributed by atoms with Crippen molar-refractivity contribution in [2.75, 3.05) is 5.32 Å². The Bertz CT molecular complexity index is 737. The van der Waals surface area contributed by atoms with Gasteiger partial charge >= 0.3 is 6.03 Å². The average molecular weight is 386 g/mol. The monoisotopic (exact) mass is 385 g/mol. The third-order valence-corrected chi connectivity index (χ3v) is 5.52. The molecule has 1 atom stereocenters. The van der Waals surface area contributed by atoms with Crippen LogP contribution in [0.4, 0.5) is 15.6 Å². The van der Waals surface area contributed by atoms with Crippen molar-refractivity contribution >= 4 is 57.5 Å². The summed E-state index contributed by atoms with van der Waals surface area (Å²) in [5.41, 5.74) is 5.79. The van der Waals surface area contributed by atoms with Crippen LogP contribution in [0.2, 0.25) is 5.02 Å². The molecule has 1 aromatic carbocycles. The third-order valence-electron chi connectivity index (χ3n) is 2.82. The normalized spacial score (nSPS) is 12.0. The van der Waals surface area contributed by atoms with Crippen molar-refractivity contribution in [3.05, 3.63) is 29.3 Å². The second-order valence-corrected chi connectivity index (χ2v) is 7.95. The zero-order valence-corrected chi connectivity index (χ0v) is 15.3. The Labute approximate surface area is 152 Å². The minimum atomic E-state index is -0.869. The van der Waals surface area contributed by atoms with Crippen LogP contribution in [0.1, 0.15) is 13.8 Å². The summed E-state index contributed by atoms with van der Waals surface area (Å²) in [7, 11) is 0. The fourth-order valence-electron chi connectivity index (χ4n) is 1.79. The summed E-state index contributed by atoms with van der Waals surface area (Å²) >= 11 is 8.48. The van der Waals surface area contributed by atoms with E-state index in [2.05, 4.69) is 20.8 Å². The number of primary amides is 1. The molecule has 0 spiro atoms. The molecule has 1 aromatic heterocycles. The predicted octanol–water partition coefficient (Wildman–Crippen LogP) is 3.25. The van der Waals surface area contributed by atoms with E-state index in [0.717, 1.165) is 5.69 Å². The molecular formula is C14H16ClN5O2S2. The molecule has 128 valence electrons. The van der Waals surface area contributed by atoms with Crippen LogP contribution in [0.25, 0.3) is 0 Å². The number of nitrogens with zero attached hydrogens (tertiary/aromatic N) is 2. The summed E-state index contributed by atoms with van der Waals surface area (Å²) in [4.78, 5) is 22.9. The zero-order valence-electron chi connectivity index (χ0n) is 12.9. The number of aromatic nitrogens is 2. The van der Waals surface area contributed by atoms with E-state index in [-0.39, 0.29) is 5.92 Å². The van der Waals surface area contributed by atoms with Crippen LogP contribution in [0, 0.1) is 5.92 Å². The summed E-state index contributed by atoms with van der Waals surface area (Å²) in [6, 6.07) is 6.36. The maximum absolute atomic E-state index is 12.0. The van der Waals surface area contributed by atoms with Gasteiger partial charge in [0.2, 0.25) is 11.0 Å². The molecule has 0 aliphatic rings. The minimum absolute atomic E-state index is 0.0115. The van der Waals surface area contributed by atoms with Crippen LogP contribution >= 0.6 is 34.7 Å². The van der Waals surface area contributed by atoms with Gasteiger partial charge in [0.15, 0.2) is 4.34 Å². The Morgan fingerprint density at radius 2 is 2.08 bits per heavy atom. The summed E-state index contributed by atoms with van der Waals surface area (Å²) in [5, 5.41) is 14.0. The Kier molecular flexibility index (Phi) is 6.41. The van der Waals surface area contributed by atoms with Crippen molar-refractivity contribution in [2.45, 2.75) is 23.4 Å². The lowest BCUT2D eigenvalue weighted by Crippen LogP contribution is -2.42. The lowest BCUT2D eigenvalue weighted by Gasteiger charge is -2.16. The number of halogens is 1. The van der Waals surface area contributed by atoms with Crippen LogP contribution < -0.4 is 16.4 Å². The van der Waals surface area contributed by atoms with Crippen molar-refractivity contribution in [2.24, 2.45) is 11.7 Å². The molecule has 0 aliphatic heterocycles. The number of carbonyl (C=O) groups is 2. The highest BCUT2D eigenvalue weighted by atomic mass is 35.5. The van der Waals surface area contributed by atoms with Gasteiger partial charge in [-0.3, -0.25) is 10.1 Å². The first-order valence-corrected chi connectivity index (χ1v) is 9.05. The van der Waals surface area contributed by atoms with Gasteiger partial charge in [-0.1, -0.05) is 54.6 Å². The number of imide groups is 1. The molecule has 0 fully saturated rings. The van der Waals surface area contributed by atoms with Gasteiger partial charge < -0.3 is 11.1 Å². The number of hydrogen-bond donors (Lipinski definition) is 3. The molecule has 0 unspecified atom stereocenters. The van der Waals surface area contributed by atoms with E-state index in [1.54, 1.807) is 12.1 Å². The molecule has 10 heteroatoms. The van der Waals surface area contributed by atoms with Gasteiger partial charge in [0, 0.05) is 10.7 Å². The summed E-state index contributed by atoms with van der Waals surface area (Å²) in [6.45, 7) is 3.76. The van der Waals surface area contributed by atoms with Gasteiger partial charge in [-0.15, -0.1) is 10.2 Å². The summed E-state index contributed by atoms with van der Waals surface area (Å²) in [6.07, 6.45) is 0. The predicted molar refractivity (Wildman–Crippen MR) is 96.9 cm³/mol. The first-order valence-electron chi connectivity index (χ1n) is 6.98. The van der Waals surface area contributed by atoms with Gasteiger partial charge in [0.25, 0.3) is 0 Å². The number of nitrogens with two attached hydrogens (primary N) is 1. The van der Waals surface area contributed by atoms with Gasteiger partial charge in [-0.25, -0.2) is 4.79 Å². The lowest BCUT2D eigenvalue weighted by atomic mass is 10.1. The molecular weight excluding hydrogens is 370 g/mol. The molecule has 0 saturated carbocycles. The standard InChI is InChI=1S/C14H16ClN5O2S2/c1-7(2)10(11(21)18-12(16)22)23-14-20-19-13(24-14)17-9-5-3-4-8(15)6-9/h3-7,10H,1-2H3,(H,17,19)(H3,16,18,21,22)/t10-/m0/s1. The van der Waals surface area contributed by atoms with Crippen molar-refractivity contribution in [3.63, 3.8) is 0 Å². The smallest absolute Gasteiger partial charge is 0.318 e. The maximum atomic E-state index is 12.0. The minimum Gasteiger partial charge on any atom is -0.351 e. The Morgan fingerprint density at radius 3 is 2.71 bits per heavy atom. The number of urea groups is 1. The van der Waals surface area contributed by atoms with Crippen LogP contribution in [-0.4, -0.2) is 27.4 Å². The first kappa shape index (κ1) is 18.5.